The van der Waals surface area contributed by atoms with Crippen molar-refractivity contribution in [2.24, 2.45) is 0 Å². The van der Waals surface area contributed by atoms with Crippen LogP contribution in [0.4, 0.5) is 34.1 Å². The normalized spacial score (nSPS) is 16.4. The van der Waals surface area contributed by atoms with E-state index >= 15 is 0 Å². The summed E-state index contributed by atoms with van der Waals surface area (Å²) < 4.78 is 0. The summed E-state index contributed by atoms with van der Waals surface area (Å²) in [7, 11) is -6.18. The first-order chi connectivity index (χ1) is 24.8. The van der Waals surface area contributed by atoms with E-state index in [2.05, 4.69) is 213 Å². The van der Waals surface area contributed by atoms with E-state index in [1.807, 2.05) is 0 Å². The monoisotopic (exact) mass is 780 g/mol. The molecule has 54 heavy (non-hydrogen) atoms. The topological polar surface area (TPSA) is 6.48 Å². The number of hydrogen-bond donors (Lipinski definition) is 0. The summed E-state index contributed by atoms with van der Waals surface area (Å²) in [5, 5.41) is 6.08. The van der Waals surface area contributed by atoms with Gasteiger partial charge in [0.1, 0.15) is 0 Å². The molecule has 5 aromatic rings. The lowest BCUT2D eigenvalue weighted by atomic mass is 9.73. The van der Waals surface area contributed by atoms with Gasteiger partial charge in [0.25, 0.3) is 0 Å². The molecule has 0 aliphatic carbocycles. The van der Waals surface area contributed by atoms with Crippen LogP contribution in [0.3, 0.4) is 0 Å². The van der Waals surface area contributed by atoms with E-state index in [1.165, 1.54) is 77.1 Å². The fourth-order valence-corrected chi connectivity index (χ4v) is 13.3. The average molecular weight is 781 g/mol. The molecule has 0 N–H and O–H groups in total. The molecule has 7 rings (SSSR count). The maximum atomic E-state index is 2.57. The summed E-state index contributed by atoms with van der Waals surface area (Å²) in [6.07, 6.45) is 0. The Hall–Kier alpha value is -3.43. The van der Waals surface area contributed by atoms with E-state index < -0.39 is 32.3 Å². The molecule has 0 saturated carbocycles. The maximum Gasteiger partial charge on any atom is 0.0776 e. The molecule has 5 aromatic carbocycles. The first kappa shape index (κ1) is 38.8. The van der Waals surface area contributed by atoms with Crippen LogP contribution in [0.25, 0.3) is 0 Å². The summed E-state index contributed by atoms with van der Waals surface area (Å²) in [6.45, 7) is 39.4. The Labute approximate surface area is 331 Å². The minimum Gasteiger partial charge on any atom is -0.310 e. The van der Waals surface area contributed by atoms with Gasteiger partial charge in [-0.05, 0) is 64.7 Å². The Morgan fingerprint density at radius 2 is 0.574 bits per heavy atom. The van der Waals surface area contributed by atoms with Crippen molar-refractivity contribution in [2.75, 3.05) is 9.80 Å². The molecule has 0 unspecified atom stereocenters. The van der Waals surface area contributed by atoms with Crippen LogP contribution in [0.2, 0.25) is 78.6 Å². The molecule has 0 saturated heterocycles. The number of hydrogen-bond acceptors (Lipinski definition) is 2. The highest BCUT2D eigenvalue weighted by Crippen LogP contribution is 2.54. The number of anilines is 6. The second kappa shape index (κ2) is 12.5. The van der Waals surface area contributed by atoms with Crippen molar-refractivity contribution in [2.45, 2.75) is 117 Å². The lowest BCUT2D eigenvalue weighted by Crippen LogP contribution is -2.42. The summed E-state index contributed by atoms with van der Waals surface area (Å²) >= 11 is 0. The predicted molar refractivity (Wildman–Crippen MR) is 252 cm³/mol. The zero-order valence-electron chi connectivity index (χ0n) is 36.1. The van der Waals surface area contributed by atoms with Gasteiger partial charge in [-0.25, -0.2) is 0 Å². The number of fused-ring (bicyclic) bond motifs is 4. The molecule has 0 atom stereocenters. The van der Waals surface area contributed by atoms with Crippen molar-refractivity contribution in [1.82, 2.24) is 0 Å². The van der Waals surface area contributed by atoms with E-state index in [9.17, 15) is 0 Å². The SMILES string of the molecule is CC1(C)c2cc([Si](C)(C)C)ccc2N(c2cccc(N3c4ccc([Si](C)(C)C)cc4C(C)(C)c4cc([Si](C)(C)C)ccc43)c2)c2ccc([Si](C)(C)C)cc21. The van der Waals surface area contributed by atoms with Gasteiger partial charge in [-0.3, -0.25) is 0 Å². The Morgan fingerprint density at radius 3 is 0.796 bits per heavy atom. The molecule has 2 aliphatic rings. The smallest absolute Gasteiger partial charge is 0.0776 e. The van der Waals surface area contributed by atoms with Gasteiger partial charge in [-0.15, -0.1) is 0 Å². The third-order valence-corrected chi connectivity index (χ3v) is 20.6. The first-order valence-corrected chi connectivity index (χ1v) is 34.1. The summed E-state index contributed by atoms with van der Waals surface area (Å²) in [4.78, 5) is 5.14. The highest BCUT2D eigenvalue weighted by Gasteiger charge is 2.41. The van der Waals surface area contributed by atoms with E-state index in [4.69, 9.17) is 0 Å². The van der Waals surface area contributed by atoms with Crippen LogP contribution in [0.1, 0.15) is 49.9 Å². The number of rotatable bonds is 6. The summed E-state index contributed by atoms with van der Waals surface area (Å²) in [5.41, 5.74) is 13.1. The van der Waals surface area contributed by atoms with Crippen LogP contribution in [-0.2, 0) is 10.8 Å². The molecule has 282 valence electrons. The largest absolute Gasteiger partial charge is 0.310 e. The Morgan fingerprint density at radius 1 is 0.333 bits per heavy atom. The van der Waals surface area contributed by atoms with Crippen molar-refractivity contribution in [3.05, 3.63) is 119 Å². The molecule has 0 radical (unpaired) electrons. The van der Waals surface area contributed by atoms with Gasteiger partial charge in [-0.2, -0.15) is 0 Å². The van der Waals surface area contributed by atoms with Gasteiger partial charge in [0.2, 0.25) is 0 Å². The van der Waals surface area contributed by atoms with E-state index in [0.717, 1.165) is 0 Å². The van der Waals surface area contributed by atoms with E-state index in [1.54, 1.807) is 0 Å². The highest BCUT2D eigenvalue weighted by atomic mass is 28.3. The van der Waals surface area contributed by atoms with Crippen molar-refractivity contribution in [1.29, 1.82) is 0 Å². The van der Waals surface area contributed by atoms with Crippen LogP contribution in [0, 0.1) is 0 Å². The van der Waals surface area contributed by atoms with Gasteiger partial charge >= 0.3 is 0 Å². The summed E-state index contributed by atoms with van der Waals surface area (Å²) in [6, 6.07) is 39.0. The lowest BCUT2D eigenvalue weighted by molar-refractivity contribution is 0.632. The third kappa shape index (κ3) is 6.45. The lowest BCUT2D eigenvalue weighted by Gasteiger charge is -2.44. The van der Waals surface area contributed by atoms with Crippen molar-refractivity contribution < 1.29 is 0 Å². The average Bonchev–Trinajstić information content (AvgIpc) is 3.06. The molecular weight excluding hydrogens is 717 g/mol. The third-order valence-electron chi connectivity index (χ3n) is 12.5. The van der Waals surface area contributed by atoms with Crippen LogP contribution in [0.5, 0.6) is 0 Å². The van der Waals surface area contributed by atoms with Gasteiger partial charge in [-0.1, -0.05) is 182 Å². The van der Waals surface area contributed by atoms with Gasteiger partial charge in [0.05, 0.1) is 55.0 Å². The van der Waals surface area contributed by atoms with Crippen molar-refractivity contribution >= 4 is 87.2 Å². The van der Waals surface area contributed by atoms with Crippen LogP contribution in [0.15, 0.2) is 97.1 Å². The second-order valence-electron chi connectivity index (χ2n) is 21.4. The molecule has 0 aromatic heterocycles. The van der Waals surface area contributed by atoms with E-state index in [0.29, 0.717) is 0 Å². The molecule has 0 bridgehead atoms. The molecule has 6 heteroatoms. The Bertz CT molecular complexity index is 2000. The minimum atomic E-state index is -1.55. The fraction of sp³-hybridized carbons (Fsp3) is 0.375. The minimum absolute atomic E-state index is 0.122. The van der Waals surface area contributed by atoms with Crippen molar-refractivity contribution in [3.63, 3.8) is 0 Å². The summed E-state index contributed by atoms with van der Waals surface area (Å²) in [5.74, 6) is 0. The van der Waals surface area contributed by atoms with Crippen LogP contribution < -0.4 is 30.5 Å². The molecule has 0 amide bonds. The number of benzene rings is 5. The Kier molecular flexibility index (Phi) is 9.01. The fourth-order valence-electron chi connectivity index (χ4n) is 8.67. The molecular formula is C48H64N2Si4. The first-order valence-electron chi connectivity index (χ1n) is 20.1. The Balaban J connectivity index is 1.48. The molecule has 2 nitrogen and oxygen atoms in total. The highest BCUT2D eigenvalue weighted by molar-refractivity contribution is 6.90. The van der Waals surface area contributed by atoms with Gasteiger partial charge in [0.15, 0.2) is 0 Å². The van der Waals surface area contributed by atoms with Crippen molar-refractivity contribution in [3.8, 4) is 0 Å². The van der Waals surface area contributed by atoms with Crippen LogP contribution in [-0.4, -0.2) is 32.3 Å². The van der Waals surface area contributed by atoms with Gasteiger partial charge in [0, 0.05) is 22.2 Å². The van der Waals surface area contributed by atoms with Crippen LogP contribution >= 0.6 is 0 Å². The predicted octanol–water partition coefficient (Wildman–Crippen LogP) is 12.1. The molecule has 0 spiro atoms. The zero-order valence-corrected chi connectivity index (χ0v) is 40.1. The molecule has 2 heterocycles. The quantitative estimate of drug-likeness (QED) is 0.158. The standard InChI is InChI=1S/C48H64N2Si4/c1-47(2)39-29-35(51(5,6)7)20-24-43(39)49(44-25-21-36(30-40(44)47)52(8,9)10)33-18-17-19-34(28-33)50-45-26-22-37(53(11,12)13)31-41(45)48(3,4)42-32-38(54(14,15)16)23-27-46(42)50/h17-32H,1-16H3. The molecule has 2 aliphatic heterocycles. The second-order valence-corrected chi connectivity index (χ2v) is 41.7. The maximum absolute atomic E-state index is 2.57. The van der Waals surface area contributed by atoms with E-state index in [-0.39, 0.29) is 10.8 Å². The molecule has 0 fully saturated rings. The van der Waals surface area contributed by atoms with Gasteiger partial charge < -0.3 is 9.80 Å². The number of nitrogens with zero attached hydrogens (tertiary/aromatic N) is 2. The zero-order chi connectivity index (χ0) is 39.6.